The summed E-state index contributed by atoms with van der Waals surface area (Å²) in [5, 5.41) is 8.69. The minimum atomic E-state index is -0.324. The molecular formula is C4H7BO2. The van der Waals surface area contributed by atoms with Crippen molar-refractivity contribution < 1.29 is 9.84 Å². The zero-order chi connectivity index (χ0) is 5.28. The fourth-order valence-electron chi connectivity index (χ4n) is 0.639. The number of aliphatic hydroxyl groups excluding tert-OH is 1. The quantitative estimate of drug-likeness (QED) is 0.404. The van der Waals surface area contributed by atoms with Crippen LogP contribution >= 0.6 is 0 Å². The topological polar surface area (TPSA) is 29.5 Å². The third-order valence-electron chi connectivity index (χ3n) is 1.01. The molecule has 0 aromatic rings. The van der Waals surface area contributed by atoms with E-state index >= 15 is 0 Å². The largest absolute Gasteiger partial charge is 0.391 e. The van der Waals surface area contributed by atoms with Crippen LogP contribution in [0.15, 0.2) is 0 Å². The van der Waals surface area contributed by atoms with E-state index in [4.69, 9.17) is 17.7 Å². The van der Waals surface area contributed by atoms with E-state index in [-0.39, 0.29) is 12.1 Å². The maximum atomic E-state index is 8.69. The lowest BCUT2D eigenvalue weighted by Crippen LogP contribution is -2.05. The van der Waals surface area contributed by atoms with Gasteiger partial charge in [0, 0.05) is 6.00 Å². The molecule has 0 aliphatic carbocycles. The Labute approximate surface area is 43.9 Å². The molecule has 38 valence electrons. The summed E-state index contributed by atoms with van der Waals surface area (Å²) in [6, 6.07) is -0.227. The van der Waals surface area contributed by atoms with Crippen LogP contribution in [0.4, 0.5) is 0 Å². The van der Waals surface area contributed by atoms with Gasteiger partial charge in [-0.1, -0.05) is 0 Å². The van der Waals surface area contributed by atoms with Crippen molar-refractivity contribution in [1.82, 2.24) is 0 Å². The van der Waals surface area contributed by atoms with Gasteiger partial charge in [-0.25, -0.2) is 0 Å². The molecule has 1 fully saturated rings. The molecule has 1 saturated heterocycles. The van der Waals surface area contributed by atoms with Gasteiger partial charge in [0.1, 0.15) is 7.85 Å². The Morgan fingerprint density at radius 2 is 2.43 bits per heavy atom. The van der Waals surface area contributed by atoms with Gasteiger partial charge in [0.2, 0.25) is 0 Å². The Morgan fingerprint density at radius 1 is 1.71 bits per heavy atom. The van der Waals surface area contributed by atoms with Gasteiger partial charge in [-0.2, -0.15) is 0 Å². The molecule has 1 aliphatic rings. The van der Waals surface area contributed by atoms with Crippen LogP contribution in [0.3, 0.4) is 0 Å². The molecule has 0 aromatic carbocycles. The lowest BCUT2D eigenvalue weighted by atomic mass is 9.97. The molecule has 3 heteroatoms. The van der Waals surface area contributed by atoms with Crippen LogP contribution in [0, 0.1) is 0 Å². The molecule has 1 rings (SSSR count). The van der Waals surface area contributed by atoms with Crippen molar-refractivity contribution in [2.24, 2.45) is 0 Å². The summed E-state index contributed by atoms with van der Waals surface area (Å²) in [6.45, 7) is 0.404. The normalized spacial score (nSPS) is 41.9. The zero-order valence-electron chi connectivity index (χ0n) is 4.00. The first-order valence-electron chi connectivity index (χ1n) is 2.34. The summed E-state index contributed by atoms with van der Waals surface area (Å²) < 4.78 is 4.79. The monoisotopic (exact) mass is 98.1 g/mol. The van der Waals surface area contributed by atoms with Crippen LogP contribution in [-0.4, -0.2) is 31.7 Å². The number of hydrogen-bond acceptors (Lipinski definition) is 2. The van der Waals surface area contributed by atoms with Gasteiger partial charge in [0.05, 0.1) is 12.7 Å². The molecule has 0 amide bonds. The van der Waals surface area contributed by atoms with Crippen molar-refractivity contribution in [2.75, 3.05) is 6.61 Å². The first kappa shape index (κ1) is 5.13. The van der Waals surface area contributed by atoms with Crippen molar-refractivity contribution in [3.63, 3.8) is 0 Å². The molecule has 1 heterocycles. The molecule has 0 bridgehead atoms. The highest BCUT2D eigenvalue weighted by atomic mass is 16.5. The highest BCUT2D eigenvalue weighted by molar-refractivity contribution is 6.11. The van der Waals surface area contributed by atoms with E-state index in [1.54, 1.807) is 0 Å². The molecular weight excluding hydrogens is 90.9 g/mol. The third kappa shape index (κ3) is 1.18. The summed E-state index contributed by atoms with van der Waals surface area (Å²) in [5.41, 5.74) is 0. The summed E-state index contributed by atoms with van der Waals surface area (Å²) in [4.78, 5) is 0. The SMILES string of the molecule is [B][C@H]1C[C@@H](O)CO1. The van der Waals surface area contributed by atoms with Crippen molar-refractivity contribution >= 4 is 7.85 Å². The van der Waals surface area contributed by atoms with Crippen LogP contribution in [0.25, 0.3) is 0 Å². The molecule has 0 aromatic heterocycles. The van der Waals surface area contributed by atoms with Crippen molar-refractivity contribution in [1.29, 1.82) is 0 Å². The van der Waals surface area contributed by atoms with Crippen molar-refractivity contribution in [2.45, 2.75) is 18.5 Å². The molecule has 0 spiro atoms. The average Bonchev–Trinajstić information content (AvgIpc) is 1.87. The predicted octanol–water partition coefficient (Wildman–Crippen LogP) is -0.738. The summed E-state index contributed by atoms with van der Waals surface area (Å²) in [5.74, 6) is 0. The van der Waals surface area contributed by atoms with Crippen molar-refractivity contribution in [3.8, 4) is 0 Å². The van der Waals surface area contributed by atoms with E-state index in [1.165, 1.54) is 0 Å². The summed E-state index contributed by atoms with van der Waals surface area (Å²) in [6.07, 6.45) is 0.259. The number of ether oxygens (including phenoxy) is 1. The van der Waals surface area contributed by atoms with Crippen LogP contribution in [0.2, 0.25) is 0 Å². The zero-order valence-corrected chi connectivity index (χ0v) is 4.00. The second-order valence-corrected chi connectivity index (χ2v) is 1.76. The minimum Gasteiger partial charge on any atom is -0.391 e. The van der Waals surface area contributed by atoms with E-state index in [0.717, 1.165) is 0 Å². The second kappa shape index (κ2) is 1.84. The van der Waals surface area contributed by atoms with Crippen molar-refractivity contribution in [3.05, 3.63) is 0 Å². The van der Waals surface area contributed by atoms with Gasteiger partial charge < -0.3 is 9.84 Å². The Balaban J connectivity index is 2.26. The van der Waals surface area contributed by atoms with Crippen LogP contribution in [0.5, 0.6) is 0 Å². The minimum absolute atomic E-state index is 0.227. The van der Waals surface area contributed by atoms with E-state index in [9.17, 15) is 0 Å². The van der Waals surface area contributed by atoms with Gasteiger partial charge in [-0.05, 0) is 6.42 Å². The lowest BCUT2D eigenvalue weighted by Gasteiger charge is -1.94. The molecule has 0 saturated carbocycles. The number of rotatable bonds is 0. The molecule has 2 radical (unpaired) electrons. The van der Waals surface area contributed by atoms with Gasteiger partial charge in [0.15, 0.2) is 0 Å². The molecule has 2 nitrogen and oxygen atoms in total. The molecule has 1 N–H and O–H groups in total. The Bertz CT molecular complexity index is 58.7. The molecule has 2 atom stereocenters. The second-order valence-electron chi connectivity index (χ2n) is 1.76. The third-order valence-corrected chi connectivity index (χ3v) is 1.01. The Morgan fingerprint density at radius 3 is 2.57 bits per heavy atom. The fourth-order valence-corrected chi connectivity index (χ4v) is 0.639. The van der Waals surface area contributed by atoms with Crippen LogP contribution in [-0.2, 0) is 4.74 Å². The molecule has 7 heavy (non-hydrogen) atoms. The van der Waals surface area contributed by atoms with E-state index in [2.05, 4.69) is 0 Å². The number of hydrogen-bond donors (Lipinski definition) is 1. The maximum absolute atomic E-state index is 8.69. The smallest absolute Gasteiger partial charge is 0.109 e. The number of aliphatic hydroxyl groups is 1. The lowest BCUT2D eigenvalue weighted by molar-refractivity contribution is 0.117. The highest BCUT2D eigenvalue weighted by Crippen LogP contribution is 2.08. The summed E-state index contributed by atoms with van der Waals surface area (Å²) in [7, 11) is 5.24. The predicted molar refractivity (Wildman–Crippen MR) is 26.1 cm³/mol. The van der Waals surface area contributed by atoms with Gasteiger partial charge in [0.25, 0.3) is 0 Å². The standard InChI is InChI=1S/C4H7BO2/c5-4-1-3(6)2-7-4/h3-4,6H,1-2H2/t3-,4-/m1/s1. The Kier molecular flexibility index (Phi) is 1.35. The van der Waals surface area contributed by atoms with E-state index in [0.29, 0.717) is 13.0 Å². The van der Waals surface area contributed by atoms with Gasteiger partial charge >= 0.3 is 0 Å². The first-order chi connectivity index (χ1) is 3.29. The fraction of sp³-hybridized carbons (Fsp3) is 1.00. The van der Waals surface area contributed by atoms with E-state index < -0.39 is 0 Å². The van der Waals surface area contributed by atoms with Gasteiger partial charge in [-0.15, -0.1) is 0 Å². The average molecular weight is 97.9 g/mol. The maximum Gasteiger partial charge on any atom is 0.109 e. The van der Waals surface area contributed by atoms with Gasteiger partial charge in [-0.3, -0.25) is 0 Å². The molecule has 1 aliphatic heterocycles. The molecule has 0 unspecified atom stereocenters. The Hall–Kier alpha value is -0.0151. The first-order valence-corrected chi connectivity index (χ1v) is 2.34. The van der Waals surface area contributed by atoms with Crippen LogP contribution < -0.4 is 0 Å². The summed E-state index contributed by atoms with van der Waals surface area (Å²) >= 11 is 0. The highest BCUT2D eigenvalue weighted by Gasteiger charge is 2.17. The van der Waals surface area contributed by atoms with Crippen LogP contribution in [0.1, 0.15) is 6.42 Å². The van der Waals surface area contributed by atoms with E-state index in [1.807, 2.05) is 0 Å².